The molecule has 0 heterocycles. The number of carbonyl (C=O) groups is 2. The van der Waals surface area contributed by atoms with Crippen LogP contribution < -0.4 is 5.32 Å². The quantitative estimate of drug-likeness (QED) is 0.504. The van der Waals surface area contributed by atoms with E-state index in [1.54, 1.807) is 13.0 Å². The number of carbonyl (C=O) groups excluding carboxylic acids is 1. The molecule has 1 aliphatic carbocycles. The average molecular weight is 288 g/mol. The smallest absolute Gasteiger partial charge is 0.335 e. The zero-order valence-electron chi connectivity index (χ0n) is 11.6. The fraction of sp³-hybridized carbons (Fsp3) is 0.429. The van der Waals surface area contributed by atoms with E-state index >= 15 is 0 Å². The number of aryl methyl sites for hydroxylation is 1. The standard InChI is InChI=1S/C14H16N4O3/c1-8-5-6-9(14(20)21)7-10(8)13(19)16-11-3-2-4-12(11)17-18-15/h5-7,11-12H,2-4H2,1H3,(H,16,19)(H,20,21)/t11-,12+/m1/s1. The average Bonchev–Trinajstić information content (AvgIpc) is 2.86. The molecule has 2 atom stereocenters. The first kappa shape index (κ1) is 14.9. The lowest BCUT2D eigenvalue weighted by Crippen LogP contribution is -2.39. The summed E-state index contributed by atoms with van der Waals surface area (Å²) in [5.74, 6) is -1.41. The molecule has 1 saturated carbocycles. The summed E-state index contributed by atoms with van der Waals surface area (Å²) in [6, 6.07) is 4.01. The van der Waals surface area contributed by atoms with E-state index in [9.17, 15) is 9.59 Å². The van der Waals surface area contributed by atoms with E-state index in [0.29, 0.717) is 11.1 Å². The molecule has 7 heteroatoms. The number of benzene rings is 1. The Morgan fingerprint density at radius 2 is 2.19 bits per heavy atom. The summed E-state index contributed by atoms with van der Waals surface area (Å²) in [6.45, 7) is 1.75. The highest BCUT2D eigenvalue weighted by atomic mass is 16.4. The molecular weight excluding hydrogens is 272 g/mol. The van der Waals surface area contributed by atoms with E-state index in [1.165, 1.54) is 12.1 Å². The largest absolute Gasteiger partial charge is 0.478 e. The highest BCUT2D eigenvalue weighted by Gasteiger charge is 2.28. The molecule has 1 amide bonds. The van der Waals surface area contributed by atoms with Crippen LogP contribution in [0.5, 0.6) is 0 Å². The molecule has 0 unspecified atom stereocenters. The van der Waals surface area contributed by atoms with Crippen molar-refractivity contribution in [1.82, 2.24) is 5.32 Å². The third-order valence-electron chi connectivity index (χ3n) is 3.73. The van der Waals surface area contributed by atoms with Crippen LogP contribution in [0.15, 0.2) is 23.3 Å². The van der Waals surface area contributed by atoms with Crippen LogP contribution >= 0.6 is 0 Å². The van der Waals surface area contributed by atoms with Crippen LogP contribution in [-0.4, -0.2) is 29.1 Å². The second-order valence-corrected chi connectivity index (χ2v) is 5.12. The van der Waals surface area contributed by atoms with Crippen LogP contribution in [-0.2, 0) is 0 Å². The third-order valence-corrected chi connectivity index (χ3v) is 3.73. The lowest BCUT2D eigenvalue weighted by molar-refractivity contribution is 0.0697. The SMILES string of the molecule is Cc1ccc(C(=O)O)cc1C(=O)N[C@@H]1CCC[C@@H]1N=[N+]=[N-]. The van der Waals surface area contributed by atoms with Crippen molar-refractivity contribution in [3.05, 3.63) is 45.3 Å². The van der Waals surface area contributed by atoms with E-state index < -0.39 is 5.97 Å². The van der Waals surface area contributed by atoms with E-state index in [-0.39, 0.29) is 23.6 Å². The Morgan fingerprint density at radius 1 is 1.43 bits per heavy atom. The van der Waals surface area contributed by atoms with Gasteiger partial charge in [0.25, 0.3) is 5.91 Å². The summed E-state index contributed by atoms with van der Waals surface area (Å²) in [6.07, 6.45) is 2.40. The molecule has 1 fully saturated rings. The maximum Gasteiger partial charge on any atom is 0.335 e. The van der Waals surface area contributed by atoms with E-state index in [0.717, 1.165) is 19.3 Å². The molecule has 0 bridgehead atoms. The number of aromatic carboxylic acids is 1. The van der Waals surface area contributed by atoms with Crippen LogP contribution in [0.4, 0.5) is 0 Å². The van der Waals surface area contributed by atoms with Crippen LogP contribution in [0, 0.1) is 6.92 Å². The first-order valence-corrected chi connectivity index (χ1v) is 6.72. The van der Waals surface area contributed by atoms with Gasteiger partial charge in [0.15, 0.2) is 0 Å². The van der Waals surface area contributed by atoms with Crippen molar-refractivity contribution >= 4 is 11.9 Å². The van der Waals surface area contributed by atoms with Crippen molar-refractivity contribution in [3.8, 4) is 0 Å². The summed E-state index contributed by atoms with van der Waals surface area (Å²) < 4.78 is 0. The first-order valence-electron chi connectivity index (χ1n) is 6.72. The predicted octanol–water partition coefficient (Wildman–Crippen LogP) is 2.65. The second-order valence-electron chi connectivity index (χ2n) is 5.12. The summed E-state index contributed by atoms with van der Waals surface area (Å²) in [5, 5.41) is 15.5. The van der Waals surface area contributed by atoms with Gasteiger partial charge in [-0.3, -0.25) is 4.79 Å². The van der Waals surface area contributed by atoms with Crippen molar-refractivity contribution in [1.29, 1.82) is 0 Å². The molecule has 0 spiro atoms. The lowest BCUT2D eigenvalue weighted by Gasteiger charge is -2.18. The van der Waals surface area contributed by atoms with Crippen LogP contribution in [0.2, 0.25) is 0 Å². The van der Waals surface area contributed by atoms with Gasteiger partial charge in [-0.1, -0.05) is 17.6 Å². The molecule has 1 aromatic rings. The Balaban J connectivity index is 2.18. The van der Waals surface area contributed by atoms with Gasteiger partial charge in [-0.15, -0.1) is 0 Å². The van der Waals surface area contributed by atoms with Gasteiger partial charge < -0.3 is 10.4 Å². The number of carboxylic acids is 1. The van der Waals surface area contributed by atoms with Gasteiger partial charge >= 0.3 is 5.97 Å². The summed E-state index contributed by atoms with van der Waals surface area (Å²) in [4.78, 5) is 26.1. The van der Waals surface area contributed by atoms with E-state index in [4.69, 9.17) is 10.6 Å². The number of rotatable bonds is 4. The van der Waals surface area contributed by atoms with Gasteiger partial charge in [0, 0.05) is 16.5 Å². The first-order chi connectivity index (χ1) is 10.0. The Labute approximate surface area is 121 Å². The monoisotopic (exact) mass is 288 g/mol. The van der Waals surface area contributed by atoms with Gasteiger partial charge in [0.1, 0.15) is 0 Å². The predicted molar refractivity (Wildman–Crippen MR) is 76.2 cm³/mol. The van der Waals surface area contributed by atoms with Crippen molar-refractivity contribution in [2.45, 2.75) is 38.3 Å². The number of carboxylic acid groups (broad SMARTS) is 1. The van der Waals surface area contributed by atoms with Crippen molar-refractivity contribution in [2.75, 3.05) is 0 Å². The normalized spacial score (nSPS) is 20.6. The van der Waals surface area contributed by atoms with Gasteiger partial charge in [0.05, 0.1) is 11.6 Å². The summed E-state index contributed by atoms with van der Waals surface area (Å²) in [7, 11) is 0. The Kier molecular flexibility index (Phi) is 4.45. The Bertz CT molecular complexity index is 623. The highest BCUT2D eigenvalue weighted by molar-refractivity contribution is 5.98. The van der Waals surface area contributed by atoms with Crippen molar-refractivity contribution in [3.63, 3.8) is 0 Å². The summed E-state index contributed by atoms with van der Waals surface area (Å²) >= 11 is 0. The molecule has 1 aromatic carbocycles. The van der Waals surface area contributed by atoms with Gasteiger partial charge in [0.2, 0.25) is 0 Å². The van der Waals surface area contributed by atoms with Crippen LogP contribution in [0.1, 0.15) is 45.5 Å². The number of nitrogens with zero attached hydrogens (tertiary/aromatic N) is 3. The number of azide groups is 1. The minimum Gasteiger partial charge on any atom is -0.478 e. The number of amides is 1. The zero-order valence-corrected chi connectivity index (χ0v) is 11.6. The molecule has 1 aliphatic rings. The molecule has 2 rings (SSSR count). The molecule has 0 saturated heterocycles. The van der Waals surface area contributed by atoms with E-state index in [2.05, 4.69) is 15.3 Å². The van der Waals surface area contributed by atoms with Crippen molar-refractivity contribution in [2.24, 2.45) is 5.11 Å². The number of hydrogen-bond donors (Lipinski definition) is 2. The van der Waals surface area contributed by atoms with Gasteiger partial charge in [-0.25, -0.2) is 4.79 Å². The second kappa shape index (κ2) is 6.28. The van der Waals surface area contributed by atoms with Gasteiger partial charge in [-0.05, 0) is 43.0 Å². The number of nitrogens with one attached hydrogen (secondary N) is 1. The van der Waals surface area contributed by atoms with Gasteiger partial charge in [-0.2, -0.15) is 0 Å². The van der Waals surface area contributed by atoms with Crippen molar-refractivity contribution < 1.29 is 14.7 Å². The molecule has 0 aliphatic heterocycles. The molecule has 21 heavy (non-hydrogen) atoms. The molecule has 2 N–H and O–H groups in total. The Hall–Kier alpha value is -2.53. The van der Waals surface area contributed by atoms with E-state index in [1.807, 2.05) is 0 Å². The topological polar surface area (TPSA) is 115 Å². The number of hydrogen-bond acceptors (Lipinski definition) is 3. The lowest BCUT2D eigenvalue weighted by atomic mass is 10.0. The Morgan fingerprint density at radius 3 is 2.86 bits per heavy atom. The fourth-order valence-electron chi connectivity index (χ4n) is 2.56. The molecule has 0 aromatic heterocycles. The highest BCUT2D eigenvalue weighted by Crippen LogP contribution is 2.23. The molecule has 7 nitrogen and oxygen atoms in total. The maximum atomic E-state index is 12.3. The minimum atomic E-state index is -1.07. The van der Waals surface area contributed by atoms with Crippen LogP contribution in [0.3, 0.4) is 0 Å². The maximum absolute atomic E-state index is 12.3. The molecular formula is C14H16N4O3. The molecule has 0 radical (unpaired) electrons. The minimum absolute atomic E-state index is 0.0729. The summed E-state index contributed by atoms with van der Waals surface area (Å²) in [5.41, 5.74) is 9.63. The third kappa shape index (κ3) is 3.32. The van der Waals surface area contributed by atoms with Crippen LogP contribution in [0.25, 0.3) is 10.4 Å². The zero-order chi connectivity index (χ0) is 15.4. The molecule has 110 valence electrons. The fourth-order valence-corrected chi connectivity index (χ4v) is 2.56.